The van der Waals surface area contributed by atoms with Crippen LogP contribution in [0.15, 0.2) is 0 Å². The van der Waals surface area contributed by atoms with Crippen LogP contribution >= 0.6 is 0 Å². The van der Waals surface area contributed by atoms with Gasteiger partial charge in [-0.3, -0.25) is 0 Å². The molecule has 0 aliphatic rings. The fourth-order valence-corrected chi connectivity index (χ4v) is 1.27. The van der Waals surface area contributed by atoms with Gasteiger partial charge in [-0.25, -0.2) is 13.5 Å². The molecule has 0 aromatic heterocycles. The summed E-state index contributed by atoms with van der Waals surface area (Å²) in [5, 5.41) is 9.87. The summed E-state index contributed by atoms with van der Waals surface area (Å²) < 4.78 is 20.9. The summed E-state index contributed by atoms with van der Waals surface area (Å²) in [4.78, 5) is 0. The van der Waals surface area contributed by atoms with E-state index < -0.39 is 15.8 Å². The van der Waals surface area contributed by atoms with Crippen molar-refractivity contribution in [3.63, 3.8) is 0 Å². The maximum Gasteiger partial charge on any atom is 0.183 e. The molecular weight excluding hydrogens is 140 g/mol. The van der Waals surface area contributed by atoms with Crippen molar-refractivity contribution < 1.29 is 13.5 Å². The molecule has 0 spiro atoms. The minimum atomic E-state index is -3.24. The van der Waals surface area contributed by atoms with Crippen LogP contribution in [-0.4, -0.2) is 20.1 Å². The number of unbranched alkanes of at least 4 members (excludes halogenated alkanes) is 1. The van der Waals surface area contributed by atoms with E-state index in [0.29, 0.717) is 6.42 Å². The molecule has 0 bridgehead atoms. The molecule has 0 atom stereocenters. The second kappa shape index (κ2) is 3.85. The molecule has 0 saturated carbocycles. The Bertz CT molecular complexity index is 148. The highest BCUT2D eigenvalue weighted by atomic mass is 32.2. The van der Waals surface area contributed by atoms with Gasteiger partial charge in [0.05, 0.1) is 5.75 Å². The first-order valence-electron chi connectivity index (χ1n) is 2.91. The number of hydrogen-bond donors (Lipinski definition) is 0. The van der Waals surface area contributed by atoms with Gasteiger partial charge in [-0.15, -0.1) is 0 Å². The number of rotatable bonds is 4. The summed E-state index contributed by atoms with van der Waals surface area (Å²) in [7, 11) is -3.24. The van der Waals surface area contributed by atoms with Gasteiger partial charge in [-0.2, -0.15) is 0 Å². The maximum absolute atomic E-state index is 10.4. The maximum atomic E-state index is 10.4. The Hall–Kier alpha value is -0.0900. The average Bonchev–Trinajstić information content (AvgIpc) is 1.84. The molecular formula is C5H11O3S. The van der Waals surface area contributed by atoms with Crippen LogP contribution < -0.4 is 0 Å². The first-order valence-corrected chi connectivity index (χ1v) is 4.73. The second-order valence-electron chi connectivity index (χ2n) is 1.92. The highest BCUT2D eigenvalue weighted by molar-refractivity contribution is 7.91. The van der Waals surface area contributed by atoms with Crippen LogP contribution in [0.2, 0.25) is 0 Å². The highest BCUT2D eigenvalue weighted by Gasteiger charge is 2.06. The van der Waals surface area contributed by atoms with Crippen LogP contribution in [0.25, 0.3) is 0 Å². The summed E-state index contributed by atoms with van der Waals surface area (Å²) in [5.74, 6) is -0.917. The van der Waals surface area contributed by atoms with E-state index in [0.717, 1.165) is 6.42 Å². The van der Waals surface area contributed by atoms with E-state index in [1.165, 1.54) is 0 Å². The van der Waals surface area contributed by atoms with E-state index in [1.807, 2.05) is 6.92 Å². The van der Waals surface area contributed by atoms with Crippen molar-refractivity contribution >= 4 is 9.84 Å². The van der Waals surface area contributed by atoms with Crippen molar-refractivity contribution in [3.05, 3.63) is 0 Å². The molecule has 0 saturated heterocycles. The van der Waals surface area contributed by atoms with E-state index >= 15 is 0 Å². The van der Waals surface area contributed by atoms with E-state index in [1.54, 1.807) is 0 Å². The van der Waals surface area contributed by atoms with Crippen LogP contribution in [0.1, 0.15) is 19.8 Å². The van der Waals surface area contributed by atoms with E-state index in [4.69, 9.17) is 0 Å². The molecule has 0 aromatic rings. The monoisotopic (exact) mass is 151 g/mol. The van der Waals surface area contributed by atoms with E-state index in [9.17, 15) is 13.5 Å². The van der Waals surface area contributed by atoms with Crippen LogP contribution in [-0.2, 0) is 14.9 Å². The summed E-state index contributed by atoms with van der Waals surface area (Å²) in [6, 6.07) is 0. The summed E-state index contributed by atoms with van der Waals surface area (Å²) in [5.41, 5.74) is 0. The van der Waals surface area contributed by atoms with Crippen LogP contribution in [0.4, 0.5) is 0 Å². The third-order valence-corrected chi connectivity index (χ3v) is 2.26. The standard InChI is InChI=1S/C5H11O3S/c1-2-3-4-9(7,8)5-6/h2-5H2,1H3. The molecule has 0 N–H and O–H groups in total. The second-order valence-corrected chi connectivity index (χ2v) is 4.05. The fourth-order valence-electron chi connectivity index (χ4n) is 0.423. The topological polar surface area (TPSA) is 54.0 Å². The number of hydrogen-bond acceptors (Lipinski definition) is 2. The molecule has 4 heteroatoms. The third-order valence-electron chi connectivity index (χ3n) is 0.988. The largest absolute Gasteiger partial charge is 0.226 e. The molecule has 55 valence electrons. The van der Waals surface area contributed by atoms with Gasteiger partial charge in [0, 0.05) is 0 Å². The quantitative estimate of drug-likeness (QED) is 0.590. The molecule has 0 amide bonds. The Morgan fingerprint density at radius 1 is 1.33 bits per heavy atom. The van der Waals surface area contributed by atoms with E-state index in [-0.39, 0.29) is 5.75 Å². The van der Waals surface area contributed by atoms with Crippen LogP contribution in [0, 0.1) is 0 Å². The molecule has 3 nitrogen and oxygen atoms in total. The summed E-state index contributed by atoms with van der Waals surface area (Å²) in [6.45, 7) is 1.89. The third kappa shape index (κ3) is 4.42. The molecule has 0 rings (SSSR count). The van der Waals surface area contributed by atoms with E-state index in [2.05, 4.69) is 0 Å². The van der Waals surface area contributed by atoms with Gasteiger partial charge in [0.25, 0.3) is 0 Å². The van der Waals surface area contributed by atoms with Crippen molar-refractivity contribution in [2.45, 2.75) is 19.8 Å². The predicted molar refractivity (Wildman–Crippen MR) is 34.2 cm³/mol. The first kappa shape index (κ1) is 8.91. The van der Waals surface area contributed by atoms with Crippen molar-refractivity contribution in [1.29, 1.82) is 0 Å². The van der Waals surface area contributed by atoms with Crippen molar-refractivity contribution in [3.8, 4) is 0 Å². The van der Waals surface area contributed by atoms with Crippen molar-refractivity contribution in [2.75, 3.05) is 11.7 Å². The fraction of sp³-hybridized carbons (Fsp3) is 1.00. The smallest absolute Gasteiger partial charge is 0.183 e. The molecule has 0 aliphatic heterocycles. The lowest BCUT2D eigenvalue weighted by Gasteiger charge is -1.94. The Labute approximate surface area is 55.6 Å². The van der Waals surface area contributed by atoms with Gasteiger partial charge in [-0.1, -0.05) is 13.3 Å². The Balaban J connectivity index is 3.61. The molecule has 0 aromatic carbocycles. The Morgan fingerprint density at radius 2 is 1.89 bits per heavy atom. The first-order chi connectivity index (χ1) is 4.12. The van der Waals surface area contributed by atoms with Crippen LogP contribution in [0.3, 0.4) is 0 Å². The van der Waals surface area contributed by atoms with Gasteiger partial charge < -0.3 is 0 Å². The minimum Gasteiger partial charge on any atom is -0.226 e. The van der Waals surface area contributed by atoms with Gasteiger partial charge in [0.15, 0.2) is 15.8 Å². The SMILES string of the molecule is CCCCS(=O)(=O)C[O]. The van der Waals surface area contributed by atoms with Crippen LogP contribution in [0.5, 0.6) is 0 Å². The molecule has 0 heterocycles. The summed E-state index contributed by atoms with van der Waals surface area (Å²) in [6.07, 6.45) is 1.42. The molecule has 0 aliphatic carbocycles. The Morgan fingerprint density at radius 3 is 2.22 bits per heavy atom. The van der Waals surface area contributed by atoms with Gasteiger partial charge in [0.1, 0.15) is 0 Å². The molecule has 9 heavy (non-hydrogen) atoms. The summed E-state index contributed by atoms with van der Waals surface area (Å²) >= 11 is 0. The molecule has 0 unspecified atom stereocenters. The van der Waals surface area contributed by atoms with Gasteiger partial charge in [-0.05, 0) is 6.42 Å². The molecule has 1 radical (unpaired) electrons. The zero-order valence-corrected chi connectivity index (χ0v) is 6.28. The lowest BCUT2D eigenvalue weighted by atomic mass is 10.4. The van der Waals surface area contributed by atoms with Crippen molar-refractivity contribution in [1.82, 2.24) is 0 Å². The zero-order chi connectivity index (χ0) is 7.33. The van der Waals surface area contributed by atoms with Gasteiger partial charge >= 0.3 is 0 Å². The minimum absolute atomic E-state index is 0.0486. The Kier molecular flexibility index (Phi) is 3.81. The number of sulfone groups is 1. The average molecular weight is 151 g/mol. The normalized spacial score (nSPS) is 11.8. The highest BCUT2D eigenvalue weighted by Crippen LogP contribution is 1.94. The molecule has 0 fully saturated rings. The lowest BCUT2D eigenvalue weighted by Crippen LogP contribution is -2.08. The lowest BCUT2D eigenvalue weighted by molar-refractivity contribution is 0.250. The zero-order valence-electron chi connectivity index (χ0n) is 5.46. The predicted octanol–water partition coefficient (Wildman–Crippen LogP) is 0.589. The van der Waals surface area contributed by atoms with Gasteiger partial charge in [0.2, 0.25) is 0 Å². The van der Waals surface area contributed by atoms with Crippen molar-refractivity contribution in [2.24, 2.45) is 0 Å².